The van der Waals surface area contributed by atoms with Crippen molar-refractivity contribution < 1.29 is 8.42 Å². The van der Waals surface area contributed by atoms with Gasteiger partial charge in [-0.3, -0.25) is 0 Å². The van der Waals surface area contributed by atoms with Crippen LogP contribution in [0.3, 0.4) is 0 Å². The fourth-order valence-electron chi connectivity index (χ4n) is 2.56. The van der Waals surface area contributed by atoms with Crippen molar-refractivity contribution >= 4 is 33.0 Å². The Hall–Kier alpha value is -0.290. The summed E-state index contributed by atoms with van der Waals surface area (Å²) in [6, 6.07) is 4.55. The summed E-state index contributed by atoms with van der Waals surface area (Å²) in [4.78, 5) is 2.35. The molecule has 112 valence electrons. The monoisotopic (exact) mass is 335 g/mol. The van der Waals surface area contributed by atoms with Gasteiger partial charge in [-0.1, -0.05) is 30.1 Å². The highest BCUT2D eigenvalue weighted by Gasteiger charge is 2.22. The molecule has 2 rings (SSSR count). The molecule has 0 amide bonds. The van der Waals surface area contributed by atoms with E-state index in [0.29, 0.717) is 17.5 Å². The maximum atomic E-state index is 12.4. The lowest BCUT2D eigenvalue weighted by atomic mass is 10.0. The third-order valence-electron chi connectivity index (χ3n) is 3.65. The van der Waals surface area contributed by atoms with Crippen molar-refractivity contribution in [1.29, 1.82) is 0 Å². The van der Waals surface area contributed by atoms with Gasteiger partial charge >= 0.3 is 0 Å². The molecule has 1 aliphatic heterocycles. The summed E-state index contributed by atoms with van der Waals surface area (Å²) in [5, 5.41) is 0.626. The van der Waals surface area contributed by atoms with E-state index < -0.39 is 9.84 Å². The van der Waals surface area contributed by atoms with Crippen molar-refractivity contribution in [2.75, 3.05) is 25.4 Å². The van der Waals surface area contributed by atoms with Crippen LogP contribution in [0.4, 0.5) is 0 Å². The maximum absolute atomic E-state index is 12.4. The molecule has 0 radical (unpaired) electrons. The van der Waals surface area contributed by atoms with Crippen LogP contribution in [-0.4, -0.2) is 38.7 Å². The van der Waals surface area contributed by atoms with Crippen LogP contribution in [0.1, 0.15) is 19.8 Å². The molecule has 0 bridgehead atoms. The van der Waals surface area contributed by atoms with E-state index >= 15 is 0 Å². The van der Waals surface area contributed by atoms with Crippen LogP contribution in [0.5, 0.6) is 0 Å². The molecule has 0 aromatic heterocycles. The second kappa shape index (κ2) is 6.65. The van der Waals surface area contributed by atoms with E-state index in [0.717, 1.165) is 19.5 Å². The van der Waals surface area contributed by atoms with E-state index in [9.17, 15) is 8.42 Å². The quantitative estimate of drug-likeness (QED) is 0.845. The fourth-order valence-corrected chi connectivity index (χ4v) is 4.66. The minimum absolute atomic E-state index is 0.0831. The van der Waals surface area contributed by atoms with Crippen LogP contribution < -0.4 is 0 Å². The minimum Gasteiger partial charge on any atom is -0.302 e. The molecule has 1 atom stereocenters. The summed E-state index contributed by atoms with van der Waals surface area (Å²) in [6.07, 6.45) is 2.36. The Morgan fingerprint density at radius 3 is 2.80 bits per heavy atom. The highest BCUT2D eigenvalue weighted by atomic mass is 35.5. The number of hydrogen-bond acceptors (Lipinski definition) is 3. The summed E-state index contributed by atoms with van der Waals surface area (Å²) in [6.45, 7) is 4.70. The molecule has 0 N–H and O–H groups in total. The van der Waals surface area contributed by atoms with Crippen LogP contribution in [0, 0.1) is 5.92 Å². The first-order valence-electron chi connectivity index (χ1n) is 6.78. The van der Waals surface area contributed by atoms with E-state index in [1.54, 1.807) is 6.07 Å². The van der Waals surface area contributed by atoms with Gasteiger partial charge in [-0.2, -0.15) is 0 Å². The standard InChI is InChI=1S/C14H19Cl2NO2S/c1-11-3-2-6-17(10-11)7-8-20(18,19)14-9-12(15)4-5-13(14)16/h4-5,9,11H,2-3,6-8,10H2,1H3/t11-/m1/s1. The smallest absolute Gasteiger partial charge is 0.181 e. The third-order valence-corrected chi connectivity index (χ3v) is 6.05. The average molecular weight is 336 g/mol. The Kier molecular flexibility index (Phi) is 5.35. The van der Waals surface area contributed by atoms with Crippen molar-refractivity contribution in [2.24, 2.45) is 5.92 Å². The second-order valence-electron chi connectivity index (χ2n) is 5.44. The average Bonchev–Trinajstić information content (AvgIpc) is 2.39. The van der Waals surface area contributed by atoms with Crippen molar-refractivity contribution in [3.63, 3.8) is 0 Å². The first-order valence-corrected chi connectivity index (χ1v) is 9.19. The van der Waals surface area contributed by atoms with Gasteiger partial charge in [0.25, 0.3) is 0 Å². The van der Waals surface area contributed by atoms with Gasteiger partial charge < -0.3 is 4.90 Å². The van der Waals surface area contributed by atoms with E-state index in [1.807, 2.05) is 0 Å². The number of benzene rings is 1. The number of hydrogen-bond donors (Lipinski definition) is 0. The Bertz CT molecular complexity index is 575. The van der Waals surface area contributed by atoms with Crippen molar-refractivity contribution in [2.45, 2.75) is 24.7 Å². The predicted octanol–water partition coefficient (Wildman–Crippen LogP) is 3.50. The lowest BCUT2D eigenvalue weighted by Crippen LogP contribution is -2.37. The van der Waals surface area contributed by atoms with Crippen LogP contribution in [-0.2, 0) is 9.84 Å². The van der Waals surface area contributed by atoms with E-state index in [-0.39, 0.29) is 15.7 Å². The van der Waals surface area contributed by atoms with E-state index in [1.165, 1.54) is 18.6 Å². The molecule has 1 aromatic carbocycles. The number of sulfone groups is 1. The first-order chi connectivity index (χ1) is 9.38. The topological polar surface area (TPSA) is 37.4 Å². The summed E-state index contributed by atoms with van der Waals surface area (Å²) in [7, 11) is -3.39. The molecule has 1 aromatic rings. The van der Waals surface area contributed by atoms with Gasteiger partial charge in [0.05, 0.1) is 15.7 Å². The summed E-state index contributed by atoms with van der Waals surface area (Å²) in [5.74, 6) is 0.723. The molecule has 0 aliphatic carbocycles. The Morgan fingerprint density at radius 1 is 1.35 bits per heavy atom. The van der Waals surface area contributed by atoms with Crippen LogP contribution in [0.25, 0.3) is 0 Å². The SMILES string of the molecule is C[C@@H]1CCCN(CCS(=O)(=O)c2cc(Cl)ccc2Cl)C1. The lowest BCUT2D eigenvalue weighted by molar-refractivity contribution is 0.193. The lowest BCUT2D eigenvalue weighted by Gasteiger charge is -2.30. The van der Waals surface area contributed by atoms with Crippen molar-refractivity contribution in [1.82, 2.24) is 4.90 Å². The molecule has 20 heavy (non-hydrogen) atoms. The number of likely N-dealkylation sites (tertiary alicyclic amines) is 1. The molecule has 0 unspecified atom stereocenters. The highest BCUT2D eigenvalue weighted by molar-refractivity contribution is 7.91. The number of nitrogens with zero attached hydrogens (tertiary/aromatic N) is 1. The Balaban J connectivity index is 2.05. The summed E-state index contributed by atoms with van der Waals surface area (Å²) in [5.41, 5.74) is 0. The molecular weight excluding hydrogens is 317 g/mol. The summed E-state index contributed by atoms with van der Waals surface area (Å²) < 4.78 is 24.7. The largest absolute Gasteiger partial charge is 0.302 e. The zero-order chi connectivity index (χ0) is 14.8. The normalized spacial score (nSPS) is 21.1. The van der Waals surface area contributed by atoms with Crippen molar-refractivity contribution in [3.05, 3.63) is 28.2 Å². The van der Waals surface area contributed by atoms with Gasteiger partial charge in [0.2, 0.25) is 0 Å². The third kappa shape index (κ3) is 4.10. The van der Waals surface area contributed by atoms with Gasteiger partial charge in [0, 0.05) is 18.1 Å². The first kappa shape index (κ1) is 16.1. The minimum atomic E-state index is -3.39. The van der Waals surface area contributed by atoms with E-state index in [4.69, 9.17) is 23.2 Å². The maximum Gasteiger partial charge on any atom is 0.181 e. The molecule has 1 fully saturated rings. The highest BCUT2D eigenvalue weighted by Crippen LogP contribution is 2.26. The molecule has 1 saturated heterocycles. The van der Waals surface area contributed by atoms with Gasteiger partial charge in [-0.15, -0.1) is 0 Å². The summed E-state index contributed by atoms with van der Waals surface area (Å²) >= 11 is 11.8. The van der Waals surface area contributed by atoms with Crippen LogP contribution >= 0.6 is 23.2 Å². The second-order valence-corrected chi connectivity index (χ2v) is 8.36. The van der Waals surface area contributed by atoms with Gasteiger partial charge in [0.1, 0.15) is 0 Å². The van der Waals surface area contributed by atoms with E-state index in [2.05, 4.69) is 11.8 Å². The van der Waals surface area contributed by atoms with Gasteiger partial charge in [-0.25, -0.2) is 8.42 Å². The number of piperidine rings is 1. The fraction of sp³-hybridized carbons (Fsp3) is 0.571. The molecule has 3 nitrogen and oxygen atoms in total. The Morgan fingerprint density at radius 2 is 2.10 bits per heavy atom. The zero-order valence-corrected chi connectivity index (χ0v) is 13.8. The van der Waals surface area contributed by atoms with Crippen molar-refractivity contribution in [3.8, 4) is 0 Å². The Labute approximate surface area is 130 Å². The molecule has 0 saturated carbocycles. The molecule has 1 aliphatic rings. The zero-order valence-electron chi connectivity index (χ0n) is 11.5. The van der Waals surface area contributed by atoms with Gasteiger partial charge in [0.15, 0.2) is 9.84 Å². The van der Waals surface area contributed by atoms with Gasteiger partial charge in [-0.05, 0) is 43.5 Å². The van der Waals surface area contributed by atoms with Crippen LogP contribution in [0.15, 0.2) is 23.1 Å². The predicted molar refractivity (Wildman–Crippen MR) is 83.4 cm³/mol. The molecule has 6 heteroatoms. The molecule has 0 spiro atoms. The number of halogens is 2. The van der Waals surface area contributed by atoms with Crippen LogP contribution in [0.2, 0.25) is 10.0 Å². The molecule has 1 heterocycles. The molecular formula is C14H19Cl2NO2S. The number of rotatable bonds is 4.